The monoisotopic (exact) mass is 191 g/mol. The first-order chi connectivity index (χ1) is 6.90. The number of hydrogen-bond acceptors (Lipinski definition) is 3. The highest BCUT2D eigenvalue weighted by Gasteiger charge is 2.16. The number of rotatable bonds is 2. The van der Waals surface area contributed by atoms with Crippen molar-refractivity contribution in [3.05, 3.63) is 29.6 Å². The van der Waals surface area contributed by atoms with Crippen molar-refractivity contribution in [2.75, 3.05) is 13.2 Å². The maximum atomic E-state index is 10.6. The van der Waals surface area contributed by atoms with E-state index < -0.39 is 0 Å². The third-order valence-corrected chi connectivity index (χ3v) is 2.61. The van der Waals surface area contributed by atoms with Crippen LogP contribution in [0.3, 0.4) is 0 Å². The molecule has 0 atom stereocenters. The lowest BCUT2D eigenvalue weighted by Crippen LogP contribution is -2.14. The SMILES string of the molecule is O=Cc1cncc(C2CCOCC2)c1. The van der Waals surface area contributed by atoms with Gasteiger partial charge in [-0.2, -0.15) is 0 Å². The molecule has 14 heavy (non-hydrogen) atoms. The van der Waals surface area contributed by atoms with Crippen LogP contribution < -0.4 is 0 Å². The second kappa shape index (κ2) is 4.33. The van der Waals surface area contributed by atoms with E-state index in [-0.39, 0.29) is 0 Å². The molecule has 0 N–H and O–H groups in total. The van der Waals surface area contributed by atoms with E-state index in [4.69, 9.17) is 4.74 Å². The molecule has 1 aliphatic heterocycles. The van der Waals surface area contributed by atoms with Crippen LogP contribution >= 0.6 is 0 Å². The summed E-state index contributed by atoms with van der Waals surface area (Å²) in [4.78, 5) is 14.6. The molecule has 0 amide bonds. The molecule has 0 aliphatic carbocycles. The van der Waals surface area contributed by atoms with Gasteiger partial charge >= 0.3 is 0 Å². The van der Waals surface area contributed by atoms with E-state index in [2.05, 4.69) is 4.98 Å². The number of aromatic nitrogens is 1. The van der Waals surface area contributed by atoms with Gasteiger partial charge in [-0.25, -0.2) is 0 Å². The standard InChI is InChI=1S/C11H13NO2/c13-8-9-5-11(7-12-6-9)10-1-3-14-4-2-10/h5-8,10H,1-4H2. The average Bonchev–Trinajstić information content (AvgIpc) is 2.30. The molecule has 2 heterocycles. The van der Waals surface area contributed by atoms with E-state index in [1.54, 1.807) is 6.20 Å². The largest absolute Gasteiger partial charge is 0.381 e. The Hall–Kier alpha value is -1.22. The highest BCUT2D eigenvalue weighted by atomic mass is 16.5. The summed E-state index contributed by atoms with van der Waals surface area (Å²) in [6.45, 7) is 1.63. The molecule has 1 fully saturated rings. The second-order valence-electron chi connectivity index (χ2n) is 3.56. The summed E-state index contributed by atoms with van der Waals surface area (Å²) in [6, 6.07) is 1.93. The van der Waals surface area contributed by atoms with Crippen molar-refractivity contribution < 1.29 is 9.53 Å². The third-order valence-electron chi connectivity index (χ3n) is 2.61. The summed E-state index contributed by atoms with van der Waals surface area (Å²) in [7, 11) is 0. The number of aldehydes is 1. The molecule has 1 aliphatic rings. The molecule has 0 aromatic carbocycles. The Balaban J connectivity index is 2.17. The number of hydrogen-bond donors (Lipinski definition) is 0. The fourth-order valence-electron chi connectivity index (χ4n) is 1.80. The van der Waals surface area contributed by atoms with Gasteiger partial charge in [-0.3, -0.25) is 9.78 Å². The average molecular weight is 191 g/mol. The van der Waals surface area contributed by atoms with Gasteiger partial charge in [-0.05, 0) is 30.4 Å². The van der Waals surface area contributed by atoms with Crippen LogP contribution in [0.25, 0.3) is 0 Å². The number of ether oxygens (including phenoxy) is 1. The highest BCUT2D eigenvalue weighted by molar-refractivity contribution is 5.74. The Morgan fingerprint density at radius 3 is 2.86 bits per heavy atom. The van der Waals surface area contributed by atoms with E-state index in [9.17, 15) is 4.79 Å². The van der Waals surface area contributed by atoms with Gasteiger partial charge in [-0.15, -0.1) is 0 Å². The maximum Gasteiger partial charge on any atom is 0.151 e. The lowest BCUT2D eigenvalue weighted by atomic mass is 9.92. The molecule has 0 saturated carbocycles. The van der Waals surface area contributed by atoms with Crippen molar-refractivity contribution in [3.8, 4) is 0 Å². The predicted molar refractivity (Wildman–Crippen MR) is 52.4 cm³/mol. The Morgan fingerprint density at radius 2 is 2.14 bits per heavy atom. The molecule has 1 saturated heterocycles. The molecule has 0 spiro atoms. The van der Waals surface area contributed by atoms with Crippen LogP contribution in [0.2, 0.25) is 0 Å². The predicted octanol–water partition coefficient (Wildman–Crippen LogP) is 1.79. The van der Waals surface area contributed by atoms with Gasteiger partial charge in [0.2, 0.25) is 0 Å². The van der Waals surface area contributed by atoms with Gasteiger partial charge in [0.25, 0.3) is 0 Å². The first kappa shape index (κ1) is 9.34. The van der Waals surface area contributed by atoms with Gasteiger partial charge in [0, 0.05) is 31.2 Å². The zero-order valence-electron chi connectivity index (χ0n) is 7.98. The molecular formula is C11H13NO2. The molecule has 74 valence electrons. The van der Waals surface area contributed by atoms with E-state index in [0.717, 1.165) is 37.9 Å². The number of pyridine rings is 1. The number of carbonyl (C=O) groups is 1. The summed E-state index contributed by atoms with van der Waals surface area (Å²) in [5.74, 6) is 0.510. The van der Waals surface area contributed by atoms with E-state index in [0.29, 0.717) is 11.5 Å². The maximum absolute atomic E-state index is 10.6. The lowest BCUT2D eigenvalue weighted by molar-refractivity contribution is 0.0852. The molecule has 0 bridgehead atoms. The quantitative estimate of drug-likeness (QED) is 0.669. The van der Waals surface area contributed by atoms with Gasteiger partial charge in [-0.1, -0.05) is 0 Å². The lowest BCUT2D eigenvalue weighted by Gasteiger charge is -2.22. The molecular weight excluding hydrogens is 178 g/mol. The topological polar surface area (TPSA) is 39.2 Å². The van der Waals surface area contributed by atoms with Crippen LogP contribution in [0.1, 0.15) is 34.7 Å². The zero-order valence-corrected chi connectivity index (χ0v) is 7.98. The minimum absolute atomic E-state index is 0.510. The van der Waals surface area contributed by atoms with Crippen molar-refractivity contribution in [3.63, 3.8) is 0 Å². The van der Waals surface area contributed by atoms with Crippen molar-refractivity contribution in [1.82, 2.24) is 4.98 Å². The van der Waals surface area contributed by atoms with Crippen LogP contribution in [0, 0.1) is 0 Å². The Bertz CT molecular complexity index is 319. The van der Waals surface area contributed by atoms with Crippen LogP contribution in [-0.2, 0) is 4.74 Å². The van der Waals surface area contributed by atoms with E-state index in [1.165, 1.54) is 0 Å². The van der Waals surface area contributed by atoms with E-state index in [1.807, 2.05) is 12.3 Å². The summed E-state index contributed by atoms with van der Waals surface area (Å²) >= 11 is 0. The molecule has 3 nitrogen and oxygen atoms in total. The van der Waals surface area contributed by atoms with Crippen molar-refractivity contribution in [2.45, 2.75) is 18.8 Å². The Morgan fingerprint density at radius 1 is 1.36 bits per heavy atom. The van der Waals surface area contributed by atoms with Crippen molar-refractivity contribution >= 4 is 6.29 Å². The fourth-order valence-corrected chi connectivity index (χ4v) is 1.80. The fraction of sp³-hybridized carbons (Fsp3) is 0.455. The Labute approximate surface area is 83.1 Å². The molecule has 1 aromatic rings. The van der Waals surface area contributed by atoms with Gasteiger partial charge in [0.1, 0.15) is 0 Å². The smallest absolute Gasteiger partial charge is 0.151 e. The van der Waals surface area contributed by atoms with Crippen molar-refractivity contribution in [1.29, 1.82) is 0 Å². The van der Waals surface area contributed by atoms with Crippen LogP contribution in [0.4, 0.5) is 0 Å². The second-order valence-corrected chi connectivity index (χ2v) is 3.56. The first-order valence-electron chi connectivity index (χ1n) is 4.88. The molecule has 1 aromatic heterocycles. The minimum atomic E-state index is 0.510. The van der Waals surface area contributed by atoms with E-state index >= 15 is 0 Å². The zero-order chi connectivity index (χ0) is 9.80. The minimum Gasteiger partial charge on any atom is -0.381 e. The van der Waals surface area contributed by atoms with Crippen molar-refractivity contribution in [2.24, 2.45) is 0 Å². The van der Waals surface area contributed by atoms with Crippen LogP contribution in [0.15, 0.2) is 18.5 Å². The van der Waals surface area contributed by atoms with Gasteiger partial charge in [0.05, 0.1) is 0 Å². The van der Waals surface area contributed by atoms with Crippen LogP contribution in [-0.4, -0.2) is 24.5 Å². The normalized spacial score (nSPS) is 18.0. The van der Waals surface area contributed by atoms with Crippen LogP contribution in [0.5, 0.6) is 0 Å². The summed E-state index contributed by atoms with van der Waals surface area (Å²) < 4.78 is 5.29. The first-order valence-corrected chi connectivity index (χ1v) is 4.88. The number of carbonyl (C=O) groups excluding carboxylic acids is 1. The Kier molecular flexibility index (Phi) is 2.89. The highest BCUT2D eigenvalue weighted by Crippen LogP contribution is 2.26. The molecule has 0 radical (unpaired) electrons. The molecule has 3 heteroatoms. The molecule has 2 rings (SSSR count). The molecule has 0 unspecified atom stereocenters. The number of nitrogens with zero attached hydrogens (tertiary/aromatic N) is 1. The van der Waals surface area contributed by atoms with Gasteiger partial charge < -0.3 is 4.74 Å². The summed E-state index contributed by atoms with van der Waals surface area (Å²) in [5.41, 5.74) is 1.83. The summed E-state index contributed by atoms with van der Waals surface area (Å²) in [6.07, 6.45) is 6.35. The van der Waals surface area contributed by atoms with Gasteiger partial charge in [0.15, 0.2) is 6.29 Å². The third kappa shape index (κ3) is 1.99. The summed E-state index contributed by atoms with van der Waals surface area (Å²) in [5, 5.41) is 0.